The molecule has 0 bridgehead atoms. The minimum Gasteiger partial charge on any atom is -0.872 e. The van der Waals surface area contributed by atoms with Gasteiger partial charge in [0, 0.05) is 38.6 Å². The van der Waals surface area contributed by atoms with Gasteiger partial charge in [-0.1, -0.05) is 48.5 Å². The van der Waals surface area contributed by atoms with Crippen LogP contribution in [0.1, 0.15) is 11.1 Å². The van der Waals surface area contributed by atoms with Crippen LogP contribution in [0.2, 0.25) is 0 Å². The van der Waals surface area contributed by atoms with Crippen LogP contribution < -0.4 is 20.8 Å². The van der Waals surface area contributed by atoms with E-state index in [0.29, 0.717) is 50.4 Å². The normalized spacial score (nSPS) is 10.0. The van der Waals surface area contributed by atoms with Gasteiger partial charge in [0.1, 0.15) is 0 Å². The monoisotopic (exact) mass is 564 g/mol. The van der Waals surface area contributed by atoms with E-state index in [0.717, 1.165) is 0 Å². The van der Waals surface area contributed by atoms with Gasteiger partial charge >= 0.3 is 27.3 Å². The van der Waals surface area contributed by atoms with Crippen molar-refractivity contribution in [3.8, 4) is 11.5 Å². The quantitative estimate of drug-likeness (QED) is 0.129. The van der Waals surface area contributed by atoms with Crippen LogP contribution in [0.25, 0.3) is 0 Å². The number of nitrogens with one attached hydrogen (secondary N) is 2. The average Bonchev–Trinajstić information content (AvgIpc) is 2.76. The summed E-state index contributed by atoms with van der Waals surface area (Å²) in [5.41, 5.74) is 1.22. The zero-order chi connectivity index (χ0) is 21.9. The van der Waals surface area contributed by atoms with E-state index in [1.165, 1.54) is 12.1 Å². The van der Waals surface area contributed by atoms with Crippen molar-refractivity contribution >= 4 is 12.4 Å². The summed E-state index contributed by atoms with van der Waals surface area (Å²) in [6, 6.07) is 13.6. The summed E-state index contributed by atoms with van der Waals surface area (Å²) in [4.78, 5) is 8.21. The molecule has 0 aliphatic heterocycles. The van der Waals surface area contributed by atoms with E-state index in [-0.39, 0.29) is 63.0 Å². The fraction of sp³-hybridized carbons (Fsp3) is 0.364. The van der Waals surface area contributed by atoms with Gasteiger partial charge in [-0.25, -0.2) is 0 Å². The van der Waals surface area contributed by atoms with Gasteiger partial charge in [0.2, 0.25) is 0 Å². The Kier molecular flexibility index (Phi) is 26.7. The van der Waals surface area contributed by atoms with Gasteiger partial charge in [0.15, 0.2) is 0 Å². The van der Waals surface area contributed by atoms with E-state index in [1.54, 1.807) is 36.7 Å². The molecule has 0 unspecified atom stereocenters. The summed E-state index contributed by atoms with van der Waals surface area (Å²) >= 11 is 0. The first-order valence-electron chi connectivity index (χ1n) is 9.84. The Morgan fingerprint density at radius 3 is 1.36 bits per heavy atom. The molecule has 0 saturated carbocycles. The predicted octanol–water partition coefficient (Wildman–Crippen LogP) is -2.13. The van der Waals surface area contributed by atoms with Crippen LogP contribution in [-0.2, 0) is 27.3 Å². The molecule has 0 saturated heterocycles. The molecule has 0 aromatic heterocycles. The number of hydrogen-bond donors (Lipinski definition) is 4. The molecular formula is C22H34CdN4O6. The standard InChI is InChI=1S/2C11H16N2O2.Cd.2H2O/c2*14-8-7-12-5-6-13-9-10-3-1-2-4-11(10)15;;;/h2*1-4,9,12,14-15H,5-8H2;;2*1H2/q;;+2;;/p-2. The van der Waals surface area contributed by atoms with Crippen LogP contribution in [0.3, 0.4) is 0 Å². The zero-order valence-electron chi connectivity index (χ0n) is 18.7. The van der Waals surface area contributed by atoms with E-state index in [1.807, 2.05) is 12.1 Å². The van der Waals surface area contributed by atoms with E-state index < -0.39 is 0 Å². The van der Waals surface area contributed by atoms with Crippen molar-refractivity contribution in [3.63, 3.8) is 0 Å². The van der Waals surface area contributed by atoms with Gasteiger partial charge in [-0.3, -0.25) is 9.98 Å². The van der Waals surface area contributed by atoms with Crippen LogP contribution in [0.15, 0.2) is 58.5 Å². The van der Waals surface area contributed by atoms with Crippen LogP contribution in [-0.4, -0.2) is 86.1 Å². The third-order valence-corrected chi connectivity index (χ3v) is 3.71. The Hall–Kier alpha value is -1.94. The van der Waals surface area contributed by atoms with Crippen molar-refractivity contribution in [2.24, 2.45) is 9.98 Å². The molecule has 0 amide bonds. The second-order valence-electron chi connectivity index (χ2n) is 6.09. The second-order valence-corrected chi connectivity index (χ2v) is 6.09. The van der Waals surface area contributed by atoms with Crippen LogP contribution in [0.5, 0.6) is 11.5 Å². The molecule has 0 radical (unpaired) electrons. The van der Waals surface area contributed by atoms with Gasteiger partial charge in [0.25, 0.3) is 0 Å². The van der Waals surface area contributed by atoms with E-state index in [4.69, 9.17) is 10.2 Å². The van der Waals surface area contributed by atoms with Gasteiger partial charge < -0.3 is 42.0 Å². The van der Waals surface area contributed by atoms with Gasteiger partial charge in [-0.05, 0) is 11.1 Å². The Morgan fingerprint density at radius 1 is 0.667 bits per heavy atom. The molecule has 0 aliphatic carbocycles. The molecule has 0 aliphatic rings. The number of hydrogen-bond acceptors (Lipinski definition) is 8. The van der Waals surface area contributed by atoms with Gasteiger partial charge in [0.05, 0.1) is 26.3 Å². The first kappa shape index (κ1) is 35.6. The van der Waals surface area contributed by atoms with Gasteiger partial charge in [-0.15, -0.1) is 11.5 Å². The maximum atomic E-state index is 11.2. The summed E-state index contributed by atoms with van der Waals surface area (Å²) in [7, 11) is 0. The smallest absolute Gasteiger partial charge is 0.872 e. The third-order valence-electron chi connectivity index (χ3n) is 3.71. The summed E-state index contributed by atoms with van der Waals surface area (Å²) in [5, 5.41) is 45.5. The van der Waals surface area contributed by atoms with Crippen LogP contribution in [0, 0.1) is 0 Å². The van der Waals surface area contributed by atoms with Gasteiger partial charge in [-0.2, -0.15) is 0 Å². The number of aliphatic imine (C=N–C) groups is 2. The minimum atomic E-state index is -0.00966. The Labute approximate surface area is 214 Å². The number of rotatable bonds is 12. The summed E-state index contributed by atoms with van der Waals surface area (Å²) < 4.78 is 0. The molecule has 11 heteroatoms. The summed E-state index contributed by atoms with van der Waals surface area (Å²) in [6.07, 6.45) is 3.17. The Balaban J connectivity index is -0.000000500. The molecule has 0 spiro atoms. The molecule has 33 heavy (non-hydrogen) atoms. The molecule has 8 N–H and O–H groups in total. The molecule has 180 valence electrons. The van der Waals surface area contributed by atoms with Crippen molar-refractivity contribution in [2.75, 3.05) is 52.5 Å². The van der Waals surface area contributed by atoms with Crippen molar-refractivity contribution in [3.05, 3.63) is 59.7 Å². The molecule has 2 aromatic rings. The number of nitrogens with zero attached hydrogens (tertiary/aromatic N) is 2. The molecule has 10 nitrogen and oxygen atoms in total. The van der Waals surface area contributed by atoms with E-state index in [9.17, 15) is 10.2 Å². The average molecular weight is 563 g/mol. The Bertz CT molecular complexity index is 702. The van der Waals surface area contributed by atoms with Crippen molar-refractivity contribution in [2.45, 2.75) is 0 Å². The van der Waals surface area contributed by atoms with E-state index >= 15 is 0 Å². The van der Waals surface area contributed by atoms with Crippen molar-refractivity contribution in [1.82, 2.24) is 10.6 Å². The largest absolute Gasteiger partial charge is 2.00 e. The number of aliphatic hydroxyl groups excluding tert-OH is 2. The van der Waals surface area contributed by atoms with Crippen molar-refractivity contribution in [1.29, 1.82) is 0 Å². The first-order chi connectivity index (χ1) is 14.7. The van der Waals surface area contributed by atoms with Crippen LogP contribution in [0.4, 0.5) is 0 Å². The molecule has 0 atom stereocenters. The third kappa shape index (κ3) is 18.2. The summed E-state index contributed by atoms with van der Waals surface area (Å²) in [6.45, 7) is 4.04. The number of benzene rings is 2. The molecule has 0 heterocycles. The first-order valence-corrected chi connectivity index (χ1v) is 9.84. The minimum absolute atomic E-state index is 0. The summed E-state index contributed by atoms with van der Waals surface area (Å²) in [5.74, 6) is -0.0193. The fourth-order valence-electron chi connectivity index (χ4n) is 2.20. The zero-order valence-corrected chi connectivity index (χ0v) is 22.8. The Morgan fingerprint density at radius 2 is 1.03 bits per heavy atom. The molecule has 2 aromatic carbocycles. The topological polar surface area (TPSA) is 198 Å². The van der Waals surface area contributed by atoms with Crippen molar-refractivity contribution < 1.29 is 58.7 Å². The van der Waals surface area contributed by atoms with Crippen LogP contribution >= 0.6 is 0 Å². The number of aliphatic hydroxyl groups is 2. The number of para-hydroxylation sites is 2. The molecular weight excluding hydrogens is 529 g/mol. The molecule has 2 rings (SSSR count). The fourth-order valence-corrected chi connectivity index (χ4v) is 2.20. The maximum absolute atomic E-state index is 11.2. The van der Waals surface area contributed by atoms with E-state index in [2.05, 4.69) is 20.6 Å². The SMILES string of the molecule is O.O.[Cd+2].[O-]c1ccccc1C=NCCNCCO.[O-]c1ccccc1C=NCCNCCO. The predicted molar refractivity (Wildman–Crippen MR) is 124 cm³/mol. The second kappa shape index (κ2) is 24.7. The molecule has 0 fully saturated rings. The maximum Gasteiger partial charge on any atom is 2.00 e.